The minimum absolute atomic E-state index is 0.0953. The number of hydrogen-bond donors (Lipinski definition) is 2. The third-order valence-corrected chi connectivity index (χ3v) is 3.76. The second kappa shape index (κ2) is 6.70. The van der Waals surface area contributed by atoms with Crippen molar-refractivity contribution in [1.82, 2.24) is 15.3 Å². The zero-order valence-corrected chi connectivity index (χ0v) is 10.8. The molecule has 1 heterocycles. The zero-order valence-electron chi connectivity index (χ0n) is 9.99. The summed E-state index contributed by atoms with van der Waals surface area (Å²) >= 11 is 1.58. The average molecular weight is 241 g/mol. The minimum Gasteiger partial charge on any atom is -0.316 e. The fourth-order valence-corrected chi connectivity index (χ4v) is 2.55. The molecule has 1 aromatic heterocycles. The van der Waals surface area contributed by atoms with Crippen molar-refractivity contribution < 1.29 is 0 Å². The number of rotatable bonds is 6. The van der Waals surface area contributed by atoms with Crippen LogP contribution in [0.2, 0.25) is 0 Å². The number of hydrogen-bond acceptors (Lipinski definition) is 4. The second-order valence-corrected chi connectivity index (χ2v) is 4.84. The quantitative estimate of drug-likeness (QED) is 0.585. The van der Waals surface area contributed by atoms with Crippen LogP contribution in [0.5, 0.6) is 0 Å². The molecule has 4 nitrogen and oxygen atoms in total. The molecule has 1 rings (SSSR count). The topological polar surface area (TPSA) is 57.8 Å². The summed E-state index contributed by atoms with van der Waals surface area (Å²) in [4.78, 5) is 17.9. The van der Waals surface area contributed by atoms with Gasteiger partial charge in [0, 0.05) is 24.1 Å². The van der Waals surface area contributed by atoms with E-state index in [2.05, 4.69) is 29.1 Å². The summed E-state index contributed by atoms with van der Waals surface area (Å²) in [6.45, 7) is 4.41. The van der Waals surface area contributed by atoms with Gasteiger partial charge in [-0.15, -0.1) is 0 Å². The van der Waals surface area contributed by atoms with E-state index in [1.54, 1.807) is 18.0 Å². The van der Waals surface area contributed by atoms with Crippen LogP contribution in [0.15, 0.2) is 22.2 Å². The predicted octanol–water partition coefficient (Wildman–Crippen LogP) is 1.50. The number of nitrogens with zero attached hydrogens (tertiary/aromatic N) is 1. The van der Waals surface area contributed by atoms with Crippen molar-refractivity contribution >= 4 is 11.8 Å². The Morgan fingerprint density at radius 2 is 2.38 bits per heavy atom. The zero-order chi connectivity index (χ0) is 12.0. The average Bonchev–Trinajstić information content (AvgIpc) is 2.29. The first kappa shape index (κ1) is 13.3. The van der Waals surface area contributed by atoms with Gasteiger partial charge in [0.2, 0.25) is 0 Å². The Balaban J connectivity index is 2.52. The highest BCUT2D eigenvalue weighted by Crippen LogP contribution is 2.17. The molecule has 2 N–H and O–H groups in total. The predicted molar refractivity (Wildman–Crippen MR) is 67.9 cm³/mol. The van der Waals surface area contributed by atoms with Crippen LogP contribution >= 0.6 is 11.8 Å². The fourth-order valence-electron chi connectivity index (χ4n) is 1.41. The molecule has 0 bridgehead atoms. The molecule has 0 saturated heterocycles. The molecule has 0 saturated carbocycles. The van der Waals surface area contributed by atoms with Gasteiger partial charge in [-0.1, -0.05) is 32.0 Å². The molecule has 16 heavy (non-hydrogen) atoms. The number of aromatic amines is 1. The molecular weight excluding hydrogens is 222 g/mol. The third-order valence-electron chi connectivity index (χ3n) is 2.75. The lowest BCUT2D eigenvalue weighted by molar-refractivity contribution is 0.420. The van der Waals surface area contributed by atoms with Gasteiger partial charge in [-0.2, -0.15) is 0 Å². The summed E-state index contributed by atoms with van der Waals surface area (Å²) < 4.78 is 0. The molecule has 0 aliphatic carbocycles. The molecule has 0 aliphatic rings. The Morgan fingerprint density at radius 1 is 1.62 bits per heavy atom. The molecule has 1 aromatic rings. The molecule has 0 amide bonds. The van der Waals surface area contributed by atoms with Crippen molar-refractivity contribution in [3.8, 4) is 0 Å². The maximum absolute atomic E-state index is 11.1. The van der Waals surface area contributed by atoms with Crippen LogP contribution in [-0.4, -0.2) is 28.8 Å². The highest BCUT2D eigenvalue weighted by Gasteiger charge is 2.14. The molecule has 2 unspecified atom stereocenters. The third kappa shape index (κ3) is 3.98. The van der Waals surface area contributed by atoms with E-state index in [1.807, 2.05) is 7.05 Å². The van der Waals surface area contributed by atoms with Gasteiger partial charge in [0.05, 0.1) is 0 Å². The van der Waals surface area contributed by atoms with Crippen LogP contribution in [0, 0.1) is 5.92 Å². The summed E-state index contributed by atoms with van der Waals surface area (Å²) in [5.74, 6) is 1.53. The number of nitrogens with one attached hydrogen (secondary N) is 2. The molecule has 5 heteroatoms. The molecule has 0 aliphatic heterocycles. The van der Waals surface area contributed by atoms with Crippen molar-refractivity contribution in [1.29, 1.82) is 0 Å². The Hall–Kier alpha value is -0.810. The van der Waals surface area contributed by atoms with Gasteiger partial charge in [-0.25, -0.2) is 4.98 Å². The lowest BCUT2D eigenvalue weighted by Gasteiger charge is -2.21. The van der Waals surface area contributed by atoms with Gasteiger partial charge in [0.15, 0.2) is 5.16 Å². The Morgan fingerprint density at radius 3 is 2.94 bits per heavy atom. The van der Waals surface area contributed by atoms with Gasteiger partial charge in [-0.3, -0.25) is 4.79 Å². The Kier molecular flexibility index (Phi) is 5.55. The normalized spacial score (nSPS) is 14.7. The van der Waals surface area contributed by atoms with E-state index in [1.165, 1.54) is 6.07 Å². The summed E-state index contributed by atoms with van der Waals surface area (Å²) in [6.07, 6.45) is 2.68. The standard InChI is InChI=1S/C11H19N3OS/c1-4-8(2)9(12-3)7-16-11-13-6-5-10(15)14-11/h5-6,8-9,12H,4,7H2,1-3H3,(H,13,14,15). The highest BCUT2D eigenvalue weighted by molar-refractivity contribution is 7.99. The van der Waals surface area contributed by atoms with Crippen molar-refractivity contribution in [2.45, 2.75) is 31.5 Å². The van der Waals surface area contributed by atoms with E-state index in [0.29, 0.717) is 17.1 Å². The molecule has 0 aromatic carbocycles. The largest absolute Gasteiger partial charge is 0.316 e. The number of thioether (sulfide) groups is 1. The van der Waals surface area contributed by atoms with Crippen LogP contribution in [0.4, 0.5) is 0 Å². The Labute approximate surface area is 100 Å². The van der Waals surface area contributed by atoms with E-state index in [9.17, 15) is 4.79 Å². The van der Waals surface area contributed by atoms with Gasteiger partial charge >= 0.3 is 0 Å². The molecule has 0 spiro atoms. The first-order chi connectivity index (χ1) is 7.67. The van der Waals surface area contributed by atoms with E-state index in [-0.39, 0.29) is 5.56 Å². The van der Waals surface area contributed by atoms with Crippen LogP contribution in [0.3, 0.4) is 0 Å². The summed E-state index contributed by atoms with van der Waals surface area (Å²) in [5, 5.41) is 3.99. The van der Waals surface area contributed by atoms with Crippen LogP contribution < -0.4 is 10.9 Å². The minimum atomic E-state index is -0.0953. The number of H-pyrrole nitrogens is 1. The highest BCUT2D eigenvalue weighted by atomic mass is 32.2. The van der Waals surface area contributed by atoms with Crippen LogP contribution in [0.25, 0.3) is 0 Å². The molecule has 90 valence electrons. The van der Waals surface area contributed by atoms with Crippen molar-refractivity contribution in [2.75, 3.05) is 12.8 Å². The lowest BCUT2D eigenvalue weighted by Crippen LogP contribution is -2.34. The summed E-state index contributed by atoms with van der Waals surface area (Å²) in [6, 6.07) is 1.87. The van der Waals surface area contributed by atoms with Crippen LogP contribution in [-0.2, 0) is 0 Å². The van der Waals surface area contributed by atoms with E-state index >= 15 is 0 Å². The van der Waals surface area contributed by atoms with E-state index in [0.717, 1.165) is 12.2 Å². The SMILES string of the molecule is CCC(C)C(CSc1nccc(=O)[nH]1)NC. The van der Waals surface area contributed by atoms with Crippen molar-refractivity contribution in [2.24, 2.45) is 5.92 Å². The van der Waals surface area contributed by atoms with E-state index < -0.39 is 0 Å². The maximum atomic E-state index is 11.1. The fraction of sp³-hybridized carbons (Fsp3) is 0.636. The van der Waals surface area contributed by atoms with Gasteiger partial charge < -0.3 is 10.3 Å². The molecule has 0 radical (unpaired) electrons. The molecule has 0 fully saturated rings. The smallest absolute Gasteiger partial charge is 0.251 e. The number of aromatic nitrogens is 2. The molecule has 2 atom stereocenters. The van der Waals surface area contributed by atoms with Gasteiger partial charge in [0.1, 0.15) is 0 Å². The van der Waals surface area contributed by atoms with Crippen molar-refractivity contribution in [3.05, 3.63) is 22.6 Å². The maximum Gasteiger partial charge on any atom is 0.251 e. The lowest BCUT2D eigenvalue weighted by atomic mass is 10.0. The molecular formula is C11H19N3OS. The first-order valence-electron chi connectivity index (χ1n) is 5.52. The van der Waals surface area contributed by atoms with Gasteiger partial charge in [-0.05, 0) is 13.0 Å². The monoisotopic (exact) mass is 241 g/mol. The second-order valence-electron chi connectivity index (χ2n) is 3.83. The van der Waals surface area contributed by atoms with Crippen molar-refractivity contribution in [3.63, 3.8) is 0 Å². The first-order valence-corrected chi connectivity index (χ1v) is 6.51. The summed E-state index contributed by atoms with van der Waals surface area (Å²) in [5.41, 5.74) is -0.0953. The van der Waals surface area contributed by atoms with E-state index in [4.69, 9.17) is 0 Å². The Bertz CT molecular complexity index is 366. The summed E-state index contributed by atoms with van der Waals surface area (Å²) in [7, 11) is 1.97. The van der Waals surface area contributed by atoms with Crippen LogP contribution in [0.1, 0.15) is 20.3 Å². The van der Waals surface area contributed by atoms with Gasteiger partial charge in [0.25, 0.3) is 5.56 Å².